The van der Waals surface area contributed by atoms with Crippen LogP contribution < -0.4 is 0 Å². The van der Waals surface area contributed by atoms with E-state index in [9.17, 15) is 13.2 Å². The highest BCUT2D eigenvalue weighted by atomic mass is 32.2. The van der Waals surface area contributed by atoms with E-state index in [4.69, 9.17) is 18.6 Å². The van der Waals surface area contributed by atoms with Crippen LogP contribution in [0.4, 0.5) is 0 Å². The van der Waals surface area contributed by atoms with Crippen molar-refractivity contribution in [2.45, 2.75) is 44.6 Å². The molecule has 0 spiro atoms. The van der Waals surface area contributed by atoms with Gasteiger partial charge in [0.25, 0.3) is 10.1 Å². The first-order valence-corrected chi connectivity index (χ1v) is 14.0. The first kappa shape index (κ1) is 24.9. The fourth-order valence-electron chi connectivity index (χ4n) is 4.93. The summed E-state index contributed by atoms with van der Waals surface area (Å²) in [6.45, 7) is 4.04. The van der Waals surface area contributed by atoms with E-state index in [0.29, 0.717) is 24.6 Å². The molecule has 0 bridgehead atoms. The van der Waals surface area contributed by atoms with Crippen LogP contribution in [0.2, 0.25) is 0 Å². The summed E-state index contributed by atoms with van der Waals surface area (Å²) < 4.78 is 40.4. The Hall–Kier alpha value is -2.79. The molecule has 2 aliphatic heterocycles. The molecule has 1 aromatic heterocycles. The van der Waals surface area contributed by atoms with Crippen molar-refractivity contribution in [3.05, 3.63) is 65.0 Å². The van der Waals surface area contributed by atoms with Gasteiger partial charge in [-0.3, -0.25) is 9.08 Å². The first-order chi connectivity index (χ1) is 17.3. The van der Waals surface area contributed by atoms with Crippen LogP contribution in [0.5, 0.6) is 0 Å². The van der Waals surface area contributed by atoms with Crippen LogP contribution in [0.15, 0.2) is 42.5 Å². The standard InChI is InChI=1S/C26H31N3O6S/c1-33-26(30)20-6-7-23-24(13-20)29(15-22-9-11-34-22)25(27-23)16-28-10-8-21(14-28)19-5-3-4-18(12-19)17-35-36(2,31)32/h3-7,12-13,21-22H,8-11,14-17H2,1-2H3/t21-,22+/m1/s1. The molecule has 5 rings (SSSR count). The van der Waals surface area contributed by atoms with E-state index in [1.165, 1.54) is 12.7 Å². The molecule has 0 unspecified atom stereocenters. The third kappa shape index (κ3) is 5.62. The monoisotopic (exact) mass is 513 g/mol. The Morgan fingerprint density at radius 1 is 1.19 bits per heavy atom. The molecular weight excluding hydrogens is 482 g/mol. The minimum atomic E-state index is -3.48. The van der Waals surface area contributed by atoms with Crippen molar-refractivity contribution in [3.8, 4) is 0 Å². The molecule has 3 heterocycles. The minimum absolute atomic E-state index is 0.0456. The molecule has 2 fully saturated rings. The van der Waals surface area contributed by atoms with Crippen LogP contribution in [0.1, 0.15) is 46.1 Å². The van der Waals surface area contributed by atoms with Crippen molar-refractivity contribution < 1.29 is 26.9 Å². The number of carbonyl (C=O) groups excluding carboxylic acids is 1. The van der Waals surface area contributed by atoms with Gasteiger partial charge in [0.15, 0.2) is 0 Å². The van der Waals surface area contributed by atoms with Gasteiger partial charge in [-0.05, 0) is 54.6 Å². The molecule has 10 heteroatoms. The zero-order valence-electron chi connectivity index (χ0n) is 20.6. The van der Waals surface area contributed by atoms with Gasteiger partial charge in [0.2, 0.25) is 0 Å². The summed E-state index contributed by atoms with van der Waals surface area (Å²) in [7, 11) is -2.10. The summed E-state index contributed by atoms with van der Waals surface area (Å²) in [4.78, 5) is 19.4. The zero-order chi connectivity index (χ0) is 25.3. The van der Waals surface area contributed by atoms with Crippen molar-refractivity contribution in [2.75, 3.05) is 33.1 Å². The number of benzene rings is 2. The lowest BCUT2D eigenvalue weighted by molar-refractivity contribution is -0.0591. The lowest BCUT2D eigenvalue weighted by Gasteiger charge is -2.28. The molecule has 192 valence electrons. The van der Waals surface area contributed by atoms with Gasteiger partial charge in [-0.2, -0.15) is 8.42 Å². The molecule has 0 amide bonds. The lowest BCUT2D eigenvalue weighted by atomic mass is 9.97. The van der Waals surface area contributed by atoms with E-state index < -0.39 is 10.1 Å². The Labute approximate surface area is 211 Å². The summed E-state index contributed by atoms with van der Waals surface area (Å²) in [5.74, 6) is 0.943. The third-order valence-corrected chi connectivity index (χ3v) is 7.47. The molecule has 0 N–H and O–H groups in total. The number of hydrogen-bond acceptors (Lipinski definition) is 8. The molecule has 0 saturated carbocycles. The van der Waals surface area contributed by atoms with Crippen LogP contribution in [-0.2, 0) is 43.5 Å². The Bertz CT molecular complexity index is 1370. The van der Waals surface area contributed by atoms with Gasteiger partial charge in [0, 0.05) is 13.2 Å². The highest BCUT2D eigenvalue weighted by Crippen LogP contribution is 2.30. The SMILES string of the molecule is COC(=O)c1ccc2nc(CN3CC[C@@H](c4cccc(COS(C)(=O)=O)c4)C3)n(C[C@@H]3CCO3)c2c1. The zero-order valence-corrected chi connectivity index (χ0v) is 21.4. The Kier molecular flexibility index (Phi) is 7.11. The third-order valence-electron chi connectivity index (χ3n) is 6.93. The first-order valence-electron chi connectivity index (χ1n) is 12.1. The molecule has 36 heavy (non-hydrogen) atoms. The van der Waals surface area contributed by atoms with E-state index in [0.717, 1.165) is 61.2 Å². The molecule has 2 saturated heterocycles. The number of rotatable bonds is 9. The maximum absolute atomic E-state index is 12.1. The topological polar surface area (TPSA) is 100.0 Å². The molecule has 2 atom stereocenters. The lowest BCUT2D eigenvalue weighted by Crippen LogP contribution is -2.32. The molecule has 0 radical (unpaired) electrons. The predicted octanol–water partition coefficient (Wildman–Crippen LogP) is 3.08. The maximum Gasteiger partial charge on any atom is 0.337 e. The van der Waals surface area contributed by atoms with E-state index in [-0.39, 0.29) is 18.7 Å². The number of esters is 1. The van der Waals surface area contributed by atoms with Gasteiger partial charge < -0.3 is 14.0 Å². The van der Waals surface area contributed by atoms with Crippen molar-refractivity contribution in [1.29, 1.82) is 0 Å². The number of nitrogens with zero attached hydrogens (tertiary/aromatic N) is 3. The van der Waals surface area contributed by atoms with E-state index in [1.54, 1.807) is 6.07 Å². The Morgan fingerprint density at radius 2 is 2.03 bits per heavy atom. The van der Waals surface area contributed by atoms with Gasteiger partial charge in [0.05, 0.1) is 55.8 Å². The average molecular weight is 514 g/mol. The second kappa shape index (κ2) is 10.3. The fraction of sp³-hybridized carbons (Fsp3) is 0.462. The number of imidazole rings is 1. The van der Waals surface area contributed by atoms with Crippen molar-refractivity contribution in [1.82, 2.24) is 14.5 Å². The van der Waals surface area contributed by atoms with Crippen molar-refractivity contribution in [3.63, 3.8) is 0 Å². The second-order valence-electron chi connectivity index (χ2n) is 9.55. The quantitative estimate of drug-likeness (QED) is 0.318. The summed E-state index contributed by atoms with van der Waals surface area (Å²) in [5, 5.41) is 0. The highest BCUT2D eigenvalue weighted by molar-refractivity contribution is 7.85. The number of aromatic nitrogens is 2. The number of methoxy groups -OCH3 is 1. The molecular formula is C26H31N3O6S. The van der Waals surface area contributed by atoms with Crippen molar-refractivity contribution >= 4 is 27.1 Å². The number of carbonyl (C=O) groups is 1. The number of hydrogen-bond donors (Lipinski definition) is 0. The summed E-state index contributed by atoms with van der Waals surface area (Å²) >= 11 is 0. The van der Waals surface area contributed by atoms with Crippen LogP contribution in [-0.4, -0.2) is 68.0 Å². The maximum atomic E-state index is 12.1. The predicted molar refractivity (Wildman–Crippen MR) is 134 cm³/mol. The number of likely N-dealkylation sites (tertiary alicyclic amines) is 1. The summed E-state index contributed by atoms with van der Waals surface area (Å²) in [6.07, 6.45) is 3.24. The van der Waals surface area contributed by atoms with E-state index in [2.05, 4.69) is 15.5 Å². The van der Waals surface area contributed by atoms with E-state index >= 15 is 0 Å². The number of fused-ring (bicyclic) bond motifs is 1. The highest BCUT2D eigenvalue weighted by Gasteiger charge is 2.27. The Morgan fingerprint density at radius 3 is 2.75 bits per heavy atom. The van der Waals surface area contributed by atoms with Crippen LogP contribution >= 0.6 is 0 Å². The van der Waals surface area contributed by atoms with Gasteiger partial charge in [-0.15, -0.1) is 0 Å². The molecule has 9 nitrogen and oxygen atoms in total. The van der Waals surface area contributed by atoms with Gasteiger partial charge >= 0.3 is 5.97 Å². The fourth-order valence-corrected chi connectivity index (χ4v) is 5.28. The molecule has 2 aliphatic rings. The number of ether oxygens (including phenoxy) is 2. The summed E-state index contributed by atoms with van der Waals surface area (Å²) in [6, 6.07) is 13.5. The smallest absolute Gasteiger partial charge is 0.337 e. The average Bonchev–Trinajstić information content (AvgIpc) is 3.43. The van der Waals surface area contributed by atoms with Gasteiger partial charge in [-0.1, -0.05) is 24.3 Å². The van der Waals surface area contributed by atoms with Crippen LogP contribution in [0, 0.1) is 0 Å². The van der Waals surface area contributed by atoms with Crippen LogP contribution in [0.25, 0.3) is 11.0 Å². The molecule has 0 aliphatic carbocycles. The summed E-state index contributed by atoms with van der Waals surface area (Å²) in [5.41, 5.74) is 4.31. The minimum Gasteiger partial charge on any atom is -0.465 e. The van der Waals surface area contributed by atoms with Gasteiger partial charge in [-0.25, -0.2) is 9.78 Å². The van der Waals surface area contributed by atoms with E-state index in [1.807, 2.05) is 30.3 Å². The van der Waals surface area contributed by atoms with Crippen LogP contribution in [0.3, 0.4) is 0 Å². The van der Waals surface area contributed by atoms with Crippen molar-refractivity contribution in [2.24, 2.45) is 0 Å². The molecule has 2 aromatic carbocycles. The normalized spacial score (nSPS) is 20.5. The largest absolute Gasteiger partial charge is 0.465 e. The Balaban J connectivity index is 1.33. The van der Waals surface area contributed by atoms with Gasteiger partial charge in [0.1, 0.15) is 5.82 Å². The second-order valence-corrected chi connectivity index (χ2v) is 11.2. The molecule has 3 aromatic rings.